The summed E-state index contributed by atoms with van der Waals surface area (Å²) >= 11 is 5.90. The van der Waals surface area contributed by atoms with Gasteiger partial charge in [-0.3, -0.25) is 4.79 Å². The van der Waals surface area contributed by atoms with Crippen molar-refractivity contribution in [2.75, 3.05) is 19.6 Å². The Morgan fingerprint density at radius 2 is 1.31 bits per heavy atom. The van der Waals surface area contributed by atoms with E-state index in [2.05, 4.69) is 10.0 Å². The first-order valence-corrected chi connectivity index (χ1v) is 14.4. The highest BCUT2D eigenvalue weighted by Gasteiger charge is 2.27. The minimum absolute atomic E-state index is 0.0106. The predicted octanol–water partition coefficient (Wildman–Crippen LogP) is 3.24. The molecule has 192 valence electrons. The number of amides is 1. The summed E-state index contributed by atoms with van der Waals surface area (Å²) in [7, 11) is -7.74. The van der Waals surface area contributed by atoms with E-state index in [4.69, 9.17) is 11.6 Å². The number of nitrogens with one attached hydrogen (secondary N) is 2. The summed E-state index contributed by atoms with van der Waals surface area (Å²) in [6.07, 6.45) is 0. The van der Waals surface area contributed by atoms with E-state index in [0.29, 0.717) is 5.02 Å². The molecule has 0 heterocycles. The summed E-state index contributed by atoms with van der Waals surface area (Å²) in [4.78, 5) is 12.8. The van der Waals surface area contributed by atoms with Crippen LogP contribution in [0.15, 0.2) is 82.6 Å². The van der Waals surface area contributed by atoms with E-state index in [1.807, 2.05) is 26.0 Å². The summed E-state index contributed by atoms with van der Waals surface area (Å²) in [6.45, 7) is 3.26. The van der Waals surface area contributed by atoms with Crippen LogP contribution in [0.2, 0.25) is 5.02 Å². The average molecular weight is 550 g/mol. The minimum Gasteiger partial charge on any atom is -0.354 e. The van der Waals surface area contributed by atoms with Crippen LogP contribution in [0.25, 0.3) is 0 Å². The van der Waals surface area contributed by atoms with Crippen molar-refractivity contribution in [1.29, 1.82) is 0 Å². The number of sulfonamides is 2. The third kappa shape index (κ3) is 7.62. The van der Waals surface area contributed by atoms with Crippen molar-refractivity contribution in [3.8, 4) is 0 Å². The molecule has 0 saturated carbocycles. The molecule has 0 unspecified atom stereocenters. The largest absolute Gasteiger partial charge is 0.354 e. The zero-order valence-electron chi connectivity index (χ0n) is 19.9. The van der Waals surface area contributed by atoms with Gasteiger partial charge in [-0.05, 0) is 55.8 Å². The van der Waals surface area contributed by atoms with Crippen molar-refractivity contribution in [3.63, 3.8) is 0 Å². The van der Waals surface area contributed by atoms with Gasteiger partial charge in [0.2, 0.25) is 26.0 Å². The van der Waals surface area contributed by atoms with Gasteiger partial charge < -0.3 is 5.32 Å². The first kappa shape index (κ1) is 27.8. The summed E-state index contributed by atoms with van der Waals surface area (Å²) in [5.41, 5.74) is 2.68. The number of hydrogen-bond donors (Lipinski definition) is 2. The van der Waals surface area contributed by atoms with Crippen LogP contribution in [0.1, 0.15) is 16.7 Å². The highest BCUT2D eigenvalue weighted by Crippen LogP contribution is 2.20. The number of nitrogens with zero attached hydrogens (tertiary/aromatic N) is 1. The van der Waals surface area contributed by atoms with Gasteiger partial charge in [-0.1, -0.05) is 59.1 Å². The zero-order valence-corrected chi connectivity index (χ0v) is 22.3. The van der Waals surface area contributed by atoms with Crippen molar-refractivity contribution in [1.82, 2.24) is 14.3 Å². The molecular formula is C25H28ClN3O5S2. The number of halogens is 1. The number of hydrogen-bond acceptors (Lipinski definition) is 5. The third-order valence-electron chi connectivity index (χ3n) is 5.32. The molecule has 11 heteroatoms. The van der Waals surface area contributed by atoms with E-state index in [1.54, 1.807) is 24.3 Å². The molecule has 3 aromatic rings. The molecule has 0 fully saturated rings. The van der Waals surface area contributed by atoms with Gasteiger partial charge >= 0.3 is 0 Å². The molecule has 0 spiro atoms. The second-order valence-corrected chi connectivity index (χ2v) is 12.4. The van der Waals surface area contributed by atoms with Crippen molar-refractivity contribution < 1.29 is 21.6 Å². The van der Waals surface area contributed by atoms with Crippen LogP contribution in [0.5, 0.6) is 0 Å². The van der Waals surface area contributed by atoms with Crippen molar-refractivity contribution in [3.05, 3.63) is 94.5 Å². The molecule has 0 radical (unpaired) electrons. The lowest BCUT2D eigenvalue weighted by molar-refractivity contribution is -0.121. The highest BCUT2D eigenvalue weighted by atomic mass is 35.5. The molecule has 3 aromatic carbocycles. The maximum atomic E-state index is 13.3. The molecule has 8 nitrogen and oxygen atoms in total. The summed E-state index contributed by atoms with van der Waals surface area (Å²) in [5.74, 6) is -0.561. The predicted molar refractivity (Wildman–Crippen MR) is 140 cm³/mol. The van der Waals surface area contributed by atoms with Crippen molar-refractivity contribution in [2.24, 2.45) is 0 Å². The lowest BCUT2D eigenvalue weighted by atomic mass is 10.1. The first-order valence-electron chi connectivity index (χ1n) is 11.1. The molecule has 0 bridgehead atoms. The van der Waals surface area contributed by atoms with Gasteiger partial charge in [0.05, 0.1) is 16.3 Å². The Morgan fingerprint density at radius 1 is 0.778 bits per heavy atom. The van der Waals surface area contributed by atoms with Crippen LogP contribution in [-0.4, -0.2) is 46.7 Å². The smallest absolute Gasteiger partial charge is 0.243 e. The fourth-order valence-electron chi connectivity index (χ4n) is 3.28. The number of carbonyl (C=O) groups excluding carboxylic acids is 1. The quantitative estimate of drug-likeness (QED) is 0.357. The van der Waals surface area contributed by atoms with E-state index in [-0.39, 0.29) is 29.4 Å². The maximum absolute atomic E-state index is 13.3. The van der Waals surface area contributed by atoms with Gasteiger partial charge in [-0.2, -0.15) is 4.31 Å². The average Bonchev–Trinajstić information content (AvgIpc) is 2.83. The maximum Gasteiger partial charge on any atom is 0.243 e. The molecular weight excluding hydrogens is 522 g/mol. The summed E-state index contributed by atoms with van der Waals surface area (Å²) < 4.78 is 54.9. The lowest BCUT2D eigenvalue weighted by Crippen LogP contribution is -2.42. The molecule has 0 atom stereocenters. The van der Waals surface area contributed by atoms with E-state index < -0.39 is 32.5 Å². The SMILES string of the molecule is Cc1ccc(CN(CC(=O)NCCNS(=O)(=O)c2ccc(C)cc2)S(=O)(=O)c2ccc(Cl)cc2)cc1. The van der Waals surface area contributed by atoms with E-state index in [9.17, 15) is 21.6 Å². The number of aryl methyl sites for hydroxylation is 2. The van der Waals surface area contributed by atoms with Crippen LogP contribution in [0.4, 0.5) is 0 Å². The highest BCUT2D eigenvalue weighted by molar-refractivity contribution is 7.89. The number of carbonyl (C=O) groups is 1. The first-order chi connectivity index (χ1) is 17.0. The Kier molecular flexibility index (Phi) is 9.26. The molecule has 0 aliphatic rings. The van der Waals surface area contributed by atoms with E-state index in [1.165, 1.54) is 36.4 Å². The van der Waals surface area contributed by atoms with Crippen LogP contribution < -0.4 is 10.0 Å². The standard InChI is InChI=1S/C25H28ClN3O5S2/c1-19-3-7-21(8-4-19)17-29(36(33,34)24-13-9-22(26)10-14-24)18-25(30)27-15-16-28-35(31,32)23-11-5-20(2)6-12-23/h3-14,28H,15-18H2,1-2H3,(H,27,30). The topological polar surface area (TPSA) is 113 Å². The fourth-order valence-corrected chi connectivity index (χ4v) is 5.83. The van der Waals surface area contributed by atoms with E-state index >= 15 is 0 Å². The zero-order chi connectivity index (χ0) is 26.3. The van der Waals surface area contributed by atoms with Crippen LogP contribution in [-0.2, 0) is 31.4 Å². The van der Waals surface area contributed by atoms with Gasteiger partial charge in [0.1, 0.15) is 0 Å². The fraction of sp³-hybridized carbons (Fsp3) is 0.240. The van der Waals surface area contributed by atoms with Gasteiger partial charge in [0, 0.05) is 24.7 Å². The summed E-state index contributed by atoms with van der Waals surface area (Å²) in [5, 5.41) is 2.97. The monoisotopic (exact) mass is 549 g/mol. The summed E-state index contributed by atoms with van der Waals surface area (Å²) in [6, 6.07) is 19.4. The van der Waals surface area contributed by atoms with Crippen LogP contribution in [0, 0.1) is 13.8 Å². The number of rotatable bonds is 11. The molecule has 2 N–H and O–H groups in total. The number of benzene rings is 3. The molecule has 0 aromatic heterocycles. The van der Waals surface area contributed by atoms with Crippen molar-refractivity contribution >= 4 is 37.6 Å². The Labute approximate surface area is 217 Å². The molecule has 0 saturated heterocycles. The van der Waals surface area contributed by atoms with Crippen molar-refractivity contribution in [2.45, 2.75) is 30.2 Å². The second-order valence-electron chi connectivity index (χ2n) is 8.27. The normalized spacial score (nSPS) is 12.0. The van der Waals surface area contributed by atoms with Gasteiger partial charge in [-0.25, -0.2) is 21.6 Å². The molecule has 36 heavy (non-hydrogen) atoms. The second kappa shape index (κ2) is 12.0. The Hall–Kier alpha value is -2.76. The minimum atomic E-state index is -4.01. The van der Waals surface area contributed by atoms with Crippen LogP contribution >= 0.6 is 11.6 Å². The molecule has 0 aliphatic heterocycles. The van der Waals surface area contributed by atoms with E-state index in [0.717, 1.165) is 21.0 Å². The van der Waals surface area contributed by atoms with Crippen LogP contribution in [0.3, 0.4) is 0 Å². The Bertz CT molecular complexity index is 1390. The van der Waals surface area contributed by atoms with Gasteiger partial charge in [0.25, 0.3) is 0 Å². The van der Waals surface area contributed by atoms with Gasteiger partial charge in [0.15, 0.2) is 0 Å². The third-order valence-corrected chi connectivity index (χ3v) is 8.86. The van der Waals surface area contributed by atoms with Gasteiger partial charge in [-0.15, -0.1) is 0 Å². The molecule has 1 amide bonds. The lowest BCUT2D eigenvalue weighted by Gasteiger charge is -2.22. The molecule has 0 aliphatic carbocycles. The Balaban J connectivity index is 1.66. The Morgan fingerprint density at radius 3 is 1.89 bits per heavy atom. The molecule has 3 rings (SSSR count).